The number of aliphatic hydroxyl groups is 2. The Morgan fingerprint density at radius 1 is 1.82 bits per heavy atom. The van der Waals surface area contributed by atoms with E-state index in [-0.39, 0.29) is 6.61 Å². The van der Waals surface area contributed by atoms with Crippen LogP contribution in [0.2, 0.25) is 0 Å². The number of ether oxygens (including phenoxy) is 1. The molecule has 2 N–H and O–H groups in total. The van der Waals surface area contributed by atoms with Crippen LogP contribution < -0.4 is 0 Å². The Balaban J connectivity index is 0. The zero-order valence-corrected chi connectivity index (χ0v) is 6.78. The van der Waals surface area contributed by atoms with Crippen molar-refractivity contribution < 1.29 is 19.7 Å². The third-order valence-corrected chi connectivity index (χ3v) is 0.453. The Kier molecular flexibility index (Phi) is 10.6. The first-order valence-electron chi connectivity index (χ1n) is 3.20. The summed E-state index contributed by atoms with van der Waals surface area (Å²) in [6.07, 6.45) is -0.0484. The molecule has 0 aliphatic rings. The van der Waals surface area contributed by atoms with Gasteiger partial charge in [-0.3, -0.25) is 0 Å². The minimum atomic E-state index is -1.04. The molecule has 0 saturated carbocycles. The quantitative estimate of drug-likeness (QED) is 0.342. The van der Waals surface area contributed by atoms with Crippen molar-refractivity contribution in [2.24, 2.45) is 0 Å². The molecule has 4 heteroatoms. The second-order valence-corrected chi connectivity index (χ2v) is 1.56. The smallest absolute Gasteiger partial charge is 0.332 e. The summed E-state index contributed by atoms with van der Waals surface area (Å²) in [5.41, 5.74) is 0. The molecule has 0 aliphatic carbocycles. The summed E-state index contributed by atoms with van der Waals surface area (Å²) in [5.74, 6) is -0.611. The molecule has 0 rings (SSSR count). The van der Waals surface area contributed by atoms with Crippen LogP contribution in [0.5, 0.6) is 0 Å². The first-order chi connectivity index (χ1) is 5.08. The van der Waals surface area contributed by atoms with E-state index in [4.69, 9.17) is 10.2 Å². The fourth-order valence-corrected chi connectivity index (χ4v) is 0.216. The Hall–Kier alpha value is -0.870. The molecule has 66 valence electrons. The van der Waals surface area contributed by atoms with Gasteiger partial charge >= 0.3 is 5.97 Å². The van der Waals surface area contributed by atoms with E-state index in [1.54, 1.807) is 6.92 Å². The fourth-order valence-electron chi connectivity index (χ4n) is 0.216. The molecule has 0 bridgehead atoms. The molecular weight excluding hydrogens is 148 g/mol. The molecule has 1 unspecified atom stereocenters. The monoisotopic (exact) mass is 162 g/mol. The van der Waals surface area contributed by atoms with Gasteiger partial charge in [0.25, 0.3) is 0 Å². The lowest BCUT2D eigenvalue weighted by Crippen LogP contribution is -2.10. The van der Waals surface area contributed by atoms with Gasteiger partial charge in [0.1, 0.15) is 0 Å². The third-order valence-electron chi connectivity index (χ3n) is 0.453. The molecule has 11 heavy (non-hydrogen) atoms. The number of hydrogen-bond donors (Lipinski definition) is 2. The van der Waals surface area contributed by atoms with Crippen molar-refractivity contribution in [3.63, 3.8) is 0 Å². The maximum absolute atomic E-state index is 10.1. The first-order valence-corrected chi connectivity index (χ1v) is 3.20. The van der Waals surface area contributed by atoms with Gasteiger partial charge in [-0.05, 0) is 13.8 Å². The summed E-state index contributed by atoms with van der Waals surface area (Å²) < 4.78 is 4.20. The SMILES string of the molecule is C=CC(=O)OC(C)O.CCO. The third kappa shape index (κ3) is 17.6. The molecule has 0 saturated heterocycles. The second kappa shape index (κ2) is 9.13. The molecule has 0 aromatic heterocycles. The molecule has 0 aliphatic heterocycles. The second-order valence-electron chi connectivity index (χ2n) is 1.56. The van der Waals surface area contributed by atoms with Crippen LogP contribution in [-0.2, 0) is 9.53 Å². The summed E-state index contributed by atoms with van der Waals surface area (Å²) in [5, 5.41) is 15.9. The van der Waals surface area contributed by atoms with Crippen LogP contribution >= 0.6 is 0 Å². The average molecular weight is 162 g/mol. The maximum atomic E-state index is 10.1. The van der Waals surface area contributed by atoms with Gasteiger partial charge < -0.3 is 14.9 Å². The number of carbonyl (C=O) groups excluding carboxylic acids is 1. The minimum absolute atomic E-state index is 0.250. The van der Waals surface area contributed by atoms with Crippen molar-refractivity contribution in [3.05, 3.63) is 12.7 Å². The lowest BCUT2D eigenvalue weighted by molar-refractivity contribution is -0.158. The standard InChI is InChI=1S/C5H8O3.C2H6O/c1-3-5(7)8-4(2)6;1-2-3/h3-4,6H,1H2,2H3;3H,2H2,1H3. The molecule has 0 aromatic carbocycles. The zero-order valence-electron chi connectivity index (χ0n) is 6.78. The highest BCUT2D eigenvalue weighted by Crippen LogP contribution is 1.84. The van der Waals surface area contributed by atoms with Crippen LogP contribution in [-0.4, -0.2) is 29.1 Å². The van der Waals surface area contributed by atoms with E-state index in [1.807, 2.05) is 0 Å². The molecule has 0 heterocycles. The van der Waals surface area contributed by atoms with Crippen LogP contribution in [0.4, 0.5) is 0 Å². The number of esters is 1. The van der Waals surface area contributed by atoms with Crippen LogP contribution in [0, 0.1) is 0 Å². The van der Waals surface area contributed by atoms with Crippen molar-refractivity contribution in [2.45, 2.75) is 20.1 Å². The molecule has 0 amide bonds. The van der Waals surface area contributed by atoms with Crippen molar-refractivity contribution in [2.75, 3.05) is 6.61 Å². The molecule has 0 spiro atoms. The fraction of sp³-hybridized carbons (Fsp3) is 0.571. The topological polar surface area (TPSA) is 66.8 Å². The summed E-state index contributed by atoms with van der Waals surface area (Å²) in [6.45, 7) is 6.41. The molecule has 1 atom stereocenters. The zero-order chi connectivity index (χ0) is 9.28. The number of rotatable bonds is 2. The Morgan fingerprint density at radius 2 is 2.18 bits per heavy atom. The van der Waals surface area contributed by atoms with E-state index in [0.717, 1.165) is 6.08 Å². The predicted octanol–water partition coefficient (Wildman–Crippen LogP) is 0.0525. The number of aliphatic hydroxyl groups excluding tert-OH is 2. The van der Waals surface area contributed by atoms with E-state index in [9.17, 15) is 4.79 Å². The van der Waals surface area contributed by atoms with Crippen molar-refractivity contribution in [1.29, 1.82) is 0 Å². The molecule has 0 fully saturated rings. The lowest BCUT2D eigenvalue weighted by atomic mass is 10.6. The van der Waals surface area contributed by atoms with E-state index in [0.29, 0.717) is 0 Å². The molecule has 0 radical (unpaired) electrons. The van der Waals surface area contributed by atoms with Gasteiger partial charge in [-0.1, -0.05) is 6.58 Å². The van der Waals surface area contributed by atoms with Crippen LogP contribution in [0.3, 0.4) is 0 Å². The summed E-state index contributed by atoms with van der Waals surface area (Å²) in [6, 6.07) is 0. The molecular formula is C7H14O4. The van der Waals surface area contributed by atoms with E-state index >= 15 is 0 Å². The maximum Gasteiger partial charge on any atom is 0.332 e. The predicted molar refractivity (Wildman–Crippen MR) is 40.7 cm³/mol. The van der Waals surface area contributed by atoms with Gasteiger partial charge in [0.2, 0.25) is 0 Å². The van der Waals surface area contributed by atoms with E-state index in [1.165, 1.54) is 6.92 Å². The summed E-state index contributed by atoms with van der Waals surface area (Å²) in [4.78, 5) is 10.1. The summed E-state index contributed by atoms with van der Waals surface area (Å²) in [7, 11) is 0. The van der Waals surface area contributed by atoms with Crippen molar-refractivity contribution >= 4 is 5.97 Å². The van der Waals surface area contributed by atoms with Gasteiger partial charge in [0.05, 0.1) is 0 Å². The number of hydrogen-bond acceptors (Lipinski definition) is 4. The minimum Gasteiger partial charge on any atom is -0.433 e. The number of carbonyl (C=O) groups is 1. The van der Waals surface area contributed by atoms with E-state index in [2.05, 4.69) is 11.3 Å². The first kappa shape index (κ1) is 12.8. The highest BCUT2D eigenvalue weighted by molar-refractivity contribution is 5.81. The molecule has 4 nitrogen and oxygen atoms in total. The van der Waals surface area contributed by atoms with Gasteiger partial charge in [-0.15, -0.1) is 0 Å². The Bertz CT molecular complexity index is 109. The van der Waals surface area contributed by atoms with Gasteiger partial charge in [-0.2, -0.15) is 0 Å². The van der Waals surface area contributed by atoms with Crippen LogP contribution in [0.15, 0.2) is 12.7 Å². The van der Waals surface area contributed by atoms with Gasteiger partial charge in [0, 0.05) is 12.7 Å². The van der Waals surface area contributed by atoms with Crippen molar-refractivity contribution in [3.8, 4) is 0 Å². The lowest BCUT2D eigenvalue weighted by Gasteiger charge is -2.01. The summed E-state index contributed by atoms with van der Waals surface area (Å²) >= 11 is 0. The highest BCUT2D eigenvalue weighted by atomic mass is 16.6. The highest BCUT2D eigenvalue weighted by Gasteiger charge is 1.97. The van der Waals surface area contributed by atoms with Gasteiger partial charge in [-0.25, -0.2) is 4.79 Å². The largest absolute Gasteiger partial charge is 0.433 e. The normalized spacial score (nSPS) is 10.5. The van der Waals surface area contributed by atoms with Crippen molar-refractivity contribution in [1.82, 2.24) is 0 Å². The Morgan fingerprint density at radius 3 is 2.27 bits per heavy atom. The van der Waals surface area contributed by atoms with Crippen LogP contribution in [0.25, 0.3) is 0 Å². The average Bonchev–Trinajstić information content (AvgIpc) is 1.88. The van der Waals surface area contributed by atoms with Crippen LogP contribution in [0.1, 0.15) is 13.8 Å². The van der Waals surface area contributed by atoms with Gasteiger partial charge in [0.15, 0.2) is 6.29 Å². The molecule has 0 aromatic rings. The Labute approximate surface area is 66.1 Å². The van der Waals surface area contributed by atoms with E-state index < -0.39 is 12.3 Å².